The highest BCUT2D eigenvalue weighted by Crippen LogP contribution is 2.30. The largest absolute Gasteiger partial charge is 0.495 e. The lowest BCUT2D eigenvalue weighted by atomic mass is 10.2. The van der Waals surface area contributed by atoms with E-state index >= 15 is 0 Å². The molecule has 2 heterocycles. The summed E-state index contributed by atoms with van der Waals surface area (Å²) in [6, 6.07) is 9.23. The van der Waals surface area contributed by atoms with E-state index in [4.69, 9.17) is 9.73 Å². The highest BCUT2D eigenvalue weighted by molar-refractivity contribution is 14.0. The lowest BCUT2D eigenvalue weighted by Crippen LogP contribution is -2.45. The topological polar surface area (TPSA) is 52.1 Å². The van der Waals surface area contributed by atoms with Crippen LogP contribution in [0.5, 0.6) is 5.75 Å². The molecule has 2 aliphatic rings. The highest BCUT2D eigenvalue weighted by Gasteiger charge is 2.25. The molecule has 164 valence electrons. The zero-order chi connectivity index (χ0) is 19.8. The highest BCUT2D eigenvalue weighted by atomic mass is 127. The van der Waals surface area contributed by atoms with Crippen LogP contribution < -0.4 is 20.3 Å². The maximum absolute atomic E-state index is 5.54. The first-order chi connectivity index (χ1) is 13.7. The second kappa shape index (κ2) is 12.5. The molecule has 1 aromatic rings. The van der Waals surface area contributed by atoms with Crippen LogP contribution in [-0.2, 0) is 0 Å². The van der Waals surface area contributed by atoms with Crippen molar-refractivity contribution in [3.63, 3.8) is 0 Å². The van der Waals surface area contributed by atoms with E-state index in [-0.39, 0.29) is 24.0 Å². The molecule has 2 N–H and O–H groups in total. The number of nitrogens with zero attached hydrogens (tertiary/aromatic N) is 3. The van der Waals surface area contributed by atoms with Crippen molar-refractivity contribution in [2.45, 2.75) is 51.6 Å². The van der Waals surface area contributed by atoms with E-state index in [0.717, 1.165) is 50.7 Å². The Labute approximate surface area is 193 Å². The number of methoxy groups -OCH3 is 1. The average Bonchev–Trinajstić information content (AvgIpc) is 3.41. The lowest BCUT2D eigenvalue weighted by molar-refractivity contribution is 0.242. The summed E-state index contributed by atoms with van der Waals surface area (Å²) in [5.74, 6) is 1.90. The first kappa shape index (κ1) is 24.1. The summed E-state index contributed by atoms with van der Waals surface area (Å²) in [7, 11) is 1.74. The van der Waals surface area contributed by atoms with Gasteiger partial charge in [-0.3, -0.25) is 9.89 Å². The van der Waals surface area contributed by atoms with Crippen molar-refractivity contribution in [1.82, 2.24) is 15.5 Å². The van der Waals surface area contributed by atoms with Gasteiger partial charge in [-0.2, -0.15) is 0 Å². The summed E-state index contributed by atoms with van der Waals surface area (Å²) in [4.78, 5) is 9.94. The van der Waals surface area contributed by atoms with Crippen LogP contribution in [0.25, 0.3) is 0 Å². The molecule has 29 heavy (non-hydrogen) atoms. The van der Waals surface area contributed by atoms with Crippen LogP contribution in [0.15, 0.2) is 29.3 Å². The summed E-state index contributed by atoms with van der Waals surface area (Å²) in [5, 5.41) is 7.10. The standard InChI is InChI=1S/C22H37N5O.HI/c1-4-19(26-13-8-9-14-26)16-24-22(23-5-2)25-18-12-15-27(17-18)20-10-6-7-11-21(20)28-3;/h6-7,10-11,18-19H,4-5,8-9,12-17H2,1-3H3,(H2,23,24,25);1H. The Morgan fingerprint density at radius 1 is 1.21 bits per heavy atom. The molecule has 2 unspecified atom stereocenters. The Kier molecular flexibility index (Phi) is 10.3. The van der Waals surface area contributed by atoms with Crippen LogP contribution in [0.1, 0.15) is 39.5 Å². The third-order valence-corrected chi connectivity index (χ3v) is 5.89. The van der Waals surface area contributed by atoms with Gasteiger partial charge in [-0.25, -0.2) is 0 Å². The summed E-state index contributed by atoms with van der Waals surface area (Å²) in [5.41, 5.74) is 1.18. The molecule has 0 aromatic heterocycles. The fourth-order valence-electron chi connectivity index (χ4n) is 4.31. The Hall–Kier alpha value is -1.22. The first-order valence-corrected chi connectivity index (χ1v) is 10.9. The predicted octanol–water partition coefficient (Wildman–Crippen LogP) is 3.32. The van der Waals surface area contributed by atoms with E-state index in [1.54, 1.807) is 7.11 Å². The molecule has 2 atom stereocenters. The predicted molar refractivity (Wildman–Crippen MR) is 133 cm³/mol. The van der Waals surface area contributed by atoms with Gasteiger partial charge in [-0.15, -0.1) is 24.0 Å². The number of benzene rings is 1. The summed E-state index contributed by atoms with van der Waals surface area (Å²) in [6.45, 7) is 10.6. The number of para-hydroxylation sites is 2. The maximum Gasteiger partial charge on any atom is 0.191 e. The van der Waals surface area contributed by atoms with Crippen LogP contribution in [0.3, 0.4) is 0 Å². The number of likely N-dealkylation sites (tertiary alicyclic amines) is 1. The van der Waals surface area contributed by atoms with E-state index in [9.17, 15) is 0 Å². The molecule has 0 spiro atoms. The van der Waals surface area contributed by atoms with E-state index in [0.29, 0.717) is 12.1 Å². The Bertz CT molecular complexity index is 635. The van der Waals surface area contributed by atoms with Gasteiger partial charge in [0, 0.05) is 31.7 Å². The third kappa shape index (κ3) is 6.64. The molecule has 0 bridgehead atoms. The van der Waals surface area contributed by atoms with Crippen LogP contribution >= 0.6 is 24.0 Å². The van der Waals surface area contributed by atoms with Gasteiger partial charge in [0.05, 0.1) is 19.3 Å². The molecular formula is C22H38IN5O. The number of hydrogen-bond acceptors (Lipinski definition) is 4. The van der Waals surface area contributed by atoms with Gasteiger partial charge in [0.1, 0.15) is 5.75 Å². The van der Waals surface area contributed by atoms with Crippen molar-refractivity contribution >= 4 is 35.6 Å². The van der Waals surface area contributed by atoms with Crippen molar-refractivity contribution in [1.29, 1.82) is 0 Å². The zero-order valence-electron chi connectivity index (χ0n) is 18.2. The molecule has 7 heteroatoms. The minimum Gasteiger partial charge on any atom is -0.495 e. The summed E-state index contributed by atoms with van der Waals surface area (Å²) in [6.07, 6.45) is 4.93. The average molecular weight is 515 g/mol. The fourth-order valence-corrected chi connectivity index (χ4v) is 4.31. The van der Waals surface area contributed by atoms with Gasteiger partial charge < -0.3 is 20.3 Å². The molecule has 2 aliphatic heterocycles. The number of halogens is 1. The second-order valence-electron chi connectivity index (χ2n) is 7.77. The van der Waals surface area contributed by atoms with Gasteiger partial charge in [0.15, 0.2) is 5.96 Å². The maximum atomic E-state index is 5.54. The van der Waals surface area contributed by atoms with Crippen LogP contribution in [0.4, 0.5) is 5.69 Å². The molecule has 0 saturated carbocycles. The Morgan fingerprint density at radius 2 is 1.97 bits per heavy atom. The third-order valence-electron chi connectivity index (χ3n) is 5.89. The molecule has 1 aromatic carbocycles. The summed E-state index contributed by atoms with van der Waals surface area (Å²) >= 11 is 0. The number of rotatable bonds is 8. The van der Waals surface area contributed by atoms with E-state index in [1.807, 2.05) is 12.1 Å². The fraction of sp³-hybridized carbons (Fsp3) is 0.682. The monoisotopic (exact) mass is 515 g/mol. The molecule has 0 aliphatic carbocycles. The Morgan fingerprint density at radius 3 is 2.66 bits per heavy atom. The van der Waals surface area contributed by atoms with E-state index in [1.165, 1.54) is 31.6 Å². The van der Waals surface area contributed by atoms with Crippen molar-refractivity contribution < 1.29 is 4.74 Å². The van der Waals surface area contributed by atoms with E-state index < -0.39 is 0 Å². The Balaban J connectivity index is 0.00000300. The van der Waals surface area contributed by atoms with Crippen molar-refractivity contribution in [3.05, 3.63) is 24.3 Å². The van der Waals surface area contributed by atoms with Gasteiger partial charge in [0.2, 0.25) is 0 Å². The van der Waals surface area contributed by atoms with Gasteiger partial charge in [-0.05, 0) is 57.8 Å². The van der Waals surface area contributed by atoms with Crippen molar-refractivity contribution in [3.8, 4) is 5.75 Å². The number of ether oxygens (including phenoxy) is 1. The smallest absolute Gasteiger partial charge is 0.191 e. The molecule has 6 nitrogen and oxygen atoms in total. The molecule has 0 amide bonds. The van der Waals surface area contributed by atoms with Crippen LogP contribution in [0.2, 0.25) is 0 Å². The molecule has 3 rings (SSSR count). The number of nitrogens with one attached hydrogen (secondary N) is 2. The minimum absolute atomic E-state index is 0. The normalized spacial score (nSPS) is 21.0. The van der Waals surface area contributed by atoms with Gasteiger partial charge in [-0.1, -0.05) is 19.1 Å². The lowest BCUT2D eigenvalue weighted by Gasteiger charge is -2.26. The number of anilines is 1. The number of guanidine groups is 1. The van der Waals surface area contributed by atoms with Crippen LogP contribution in [0, 0.1) is 0 Å². The van der Waals surface area contributed by atoms with Crippen molar-refractivity contribution in [2.75, 3.05) is 51.3 Å². The molecule has 2 saturated heterocycles. The second-order valence-corrected chi connectivity index (χ2v) is 7.77. The zero-order valence-corrected chi connectivity index (χ0v) is 20.5. The molecular weight excluding hydrogens is 477 g/mol. The van der Waals surface area contributed by atoms with Gasteiger partial charge >= 0.3 is 0 Å². The van der Waals surface area contributed by atoms with E-state index in [2.05, 4.69) is 46.4 Å². The van der Waals surface area contributed by atoms with Crippen molar-refractivity contribution in [2.24, 2.45) is 4.99 Å². The first-order valence-electron chi connectivity index (χ1n) is 10.9. The SMILES string of the molecule is CCNC(=NCC(CC)N1CCCC1)NC1CCN(c2ccccc2OC)C1.I. The minimum atomic E-state index is 0. The van der Waals surface area contributed by atoms with Crippen LogP contribution in [-0.4, -0.2) is 69.3 Å². The summed E-state index contributed by atoms with van der Waals surface area (Å²) < 4.78 is 5.54. The van der Waals surface area contributed by atoms with Gasteiger partial charge in [0.25, 0.3) is 0 Å². The number of aliphatic imine (C=N–C) groups is 1. The molecule has 0 radical (unpaired) electrons. The number of hydrogen-bond donors (Lipinski definition) is 2. The quantitative estimate of drug-likeness (QED) is 0.316. The molecule has 2 fully saturated rings.